The molecule has 56 heavy (non-hydrogen) atoms. The number of nitrogens with zero attached hydrogens (tertiary/aromatic N) is 2. The Morgan fingerprint density at radius 2 is 0.732 bits per heavy atom. The van der Waals surface area contributed by atoms with Crippen LogP contribution in [0.3, 0.4) is 0 Å². The van der Waals surface area contributed by atoms with Crippen LogP contribution < -0.4 is 0 Å². The molecule has 0 radical (unpaired) electrons. The second kappa shape index (κ2) is 12.0. The molecule has 0 bridgehead atoms. The number of para-hydroxylation sites is 3. The highest BCUT2D eigenvalue weighted by Crippen LogP contribution is 2.43. The summed E-state index contributed by atoms with van der Waals surface area (Å²) in [5, 5.41) is 12.6. The van der Waals surface area contributed by atoms with Crippen LogP contribution in [0.1, 0.15) is 0 Å². The highest BCUT2D eigenvalue weighted by molar-refractivity contribution is 6.18. The van der Waals surface area contributed by atoms with Gasteiger partial charge in [0.2, 0.25) is 0 Å². The molecule has 2 nitrogen and oxygen atoms in total. The van der Waals surface area contributed by atoms with Gasteiger partial charge in [-0.3, -0.25) is 0 Å². The van der Waals surface area contributed by atoms with Crippen molar-refractivity contribution in [2.24, 2.45) is 0 Å². The van der Waals surface area contributed by atoms with Crippen LogP contribution in [0, 0.1) is 0 Å². The molecule has 0 fully saturated rings. The summed E-state index contributed by atoms with van der Waals surface area (Å²) in [6.07, 6.45) is 0. The SMILES string of the molecule is c1ccc(-n2c3ccccc3c3cc(-c4ccc5c(c4)c4ccccc4n5-c4ccc(-c5cc6ccccc6c6ccccc56)c5ccccc45)ccc32)cc1. The number of fused-ring (bicyclic) bond motifs is 10. The summed E-state index contributed by atoms with van der Waals surface area (Å²) in [7, 11) is 0. The molecule has 0 amide bonds. The van der Waals surface area contributed by atoms with Crippen LogP contribution in [-0.2, 0) is 0 Å². The van der Waals surface area contributed by atoms with E-state index in [1.807, 2.05) is 0 Å². The molecule has 2 aromatic heterocycles. The predicted octanol–water partition coefficient (Wildman–Crippen LogP) is 14.7. The molecule has 12 rings (SSSR count). The molecule has 2 heterocycles. The Morgan fingerprint density at radius 3 is 1.41 bits per heavy atom. The van der Waals surface area contributed by atoms with E-state index in [0.29, 0.717) is 0 Å². The third-order valence-corrected chi connectivity index (χ3v) is 11.9. The smallest absolute Gasteiger partial charge is 0.0541 e. The largest absolute Gasteiger partial charge is 0.309 e. The van der Waals surface area contributed by atoms with E-state index in [9.17, 15) is 0 Å². The number of hydrogen-bond acceptors (Lipinski definition) is 0. The summed E-state index contributed by atoms with van der Waals surface area (Å²) < 4.78 is 4.85. The van der Waals surface area contributed by atoms with Gasteiger partial charge >= 0.3 is 0 Å². The van der Waals surface area contributed by atoms with Gasteiger partial charge in [-0.15, -0.1) is 0 Å². The van der Waals surface area contributed by atoms with Gasteiger partial charge in [0.1, 0.15) is 0 Å². The van der Waals surface area contributed by atoms with Crippen molar-refractivity contribution in [3.63, 3.8) is 0 Å². The number of aromatic nitrogens is 2. The van der Waals surface area contributed by atoms with E-state index < -0.39 is 0 Å². The van der Waals surface area contributed by atoms with Crippen LogP contribution in [0.15, 0.2) is 206 Å². The second-order valence-electron chi connectivity index (χ2n) is 14.9. The minimum absolute atomic E-state index is 1.17. The molecule has 0 aliphatic heterocycles. The fraction of sp³-hybridized carbons (Fsp3) is 0. The molecule has 0 unspecified atom stereocenters. The molecule has 10 aromatic carbocycles. The first-order valence-corrected chi connectivity index (χ1v) is 19.4. The van der Waals surface area contributed by atoms with Crippen LogP contribution in [0.2, 0.25) is 0 Å². The topological polar surface area (TPSA) is 9.86 Å². The fourth-order valence-corrected chi connectivity index (χ4v) is 9.41. The number of hydrogen-bond donors (Lipinski definition) is 0. The van der Waals surface area contributed by atoms with Crippen LogP contribution in [0.4, 0.5) is 0 Å². The molecule has 0 spiro atoms. The molecule has 0 saturated carbocycles. The molecule has 0 N–H and O–H groups in total. The van der Waals surface area contributed by atoms with Gasteiger partial charge < -0.3 is 9.13 Å². The zero-order valence-corrected chi connectivity index (χ0v) is 30.5. The summed E-state index contributed by atoms with van der Waals surface area (Å²) in [5.74, 6) is 0. The minimum atomic E-state index is 1.17. The average molecular weight is 711 g/mol. The zero-order chi connectivity index (χ0) is 36.7. The summed E-state index contributed by atoms with van der Waals surface area (Å²) in [6.45, 7) is 0. The van der Waals surface area contributed by atoms with E-state index in [2.05, 4.69) is 215 Å². The highest BCUT2D eigenvalue weighted by atomic mass is 15.0. The second-order valence-corrected chi connectivity index (χ2v) is 14.9. The van der Waals surface area contributed by atoms with Crippen LogP contribution in [0.25, 0.3) is 110 Å². The first-order valence-electron chi connectivity index (χ1n) is 19.4. The summed E-state index contributed by atoms with van der Waals surface area (Å²) in [4.78, 5) is 0. The van der Waals surface area contributed by atoms with Gasteiger partial charge in [-0.05, 0) is 110 Å². The maximum Gasteiger partial charge on any atom is 0.0541 e. The van der Waals surface area contributed by atoms with Crippen molar-refractivity contribution in [3.05, 3.63) is 206 Å². The Kier molecular flexibility index (Phi) is 6.66. The van der Waals surface area contributed by atoms with Crippen LogP contribution in [0.5, 0.6) is 0 Å². The lowest BCUT2D eigenvalue weighted by Gasteiger charge is -2.17. The van der Waals surface area contributed by atoms with Gasteiger partial charge in [0.25, 0.3) is 0 Å². The summed E-state index contributed by atoms with van der Waals surface area (Å²) in [5.41, 5.74) is 12.1. The normalized spacial score (nSPS) is 11.9. The quantitative estimate of drug-likeness (QED) is 0.161. The van der Waals surface area contributed by atoms with E-state index in [0.717, 1.165) is 0 Å². The zero-order valence-electron chi connectivity index (χ0n) is 30.5. The van der Waals surface area contributed by atoms with E-state index in [1.54, 1.807) is 0 Å². The molecule has 0 aliphatic carbocycles. The minimum Gasteiger partial charge on any atom is -0.309 e. The van der Waals surface area contributed by atoms with Gasteiger partial charge in [0.05, 0.1) is 27.8 Å². The van der Waals surface area contributed by atoms with E-state index in [4.69, 9.17) is 0 Å². The third kappa shape index (κ3) is 4.50. The lowest BCUT2D eigenvalue weighted by molar-refractivity contribution is 1.18. The maximum absolute atomic E-state index is 2.47. The first-order chi connectivity index (χ1) is 27.8. The van der Waals surface area contributed by atoms with Crippen LogP contribution in [-0.4, -0.2) is 9.13 Å². The van der Waals surface area contributed by atoms with Gasteiger partial charge in [-0.1, -0.05) is 146 Å². The molecular weight excluding hydrogens is 677 g/mol. The lowest BCUT2D eigenvalue weighted by Crippen LogP contribution is -1.96. The Hall–Kier alpha value is -7.42. The van der Waals surface area contributed by atoms with Crippen molar-refractivity contribution < 1.29 is 0 Å². The van der Waals surface area contributed by atoms with Crippen molar-refractivity contribution in [3.8, 4) is 33.6 Å². The standard InChI is InChI=1S/C54H34N2/c1-2-15-38(16-3-1)55-50-24-12-10-22-45(50)48-32-35(26-29-53(48)55)36-27-30-54-49(33-36)46-23-11-13-25-51(46)56(54)52-31-28-43(41-19-8-9-21-44(41)52)47-34-37-14-4-5-17-39(37)40-18-6-7-20-42(40)47/h1-34H. The Bertz CT molecular complexity index is 3530. The fourth-order valence-electron chi connectivity index (χ4n) is 9.41. The Morgan fingerprint density at radius 1 is 0.250 bits per heavy atom. The number of benzene rings is 10. The molecule has 12 aromatic rings. The predicted molar refractivity (Wildman–Crippen MR) is 239 cm³/mol. The van der Waals surface area contributed by atoms with Gasteiger partial charge in [0, 0.05) is 32.6 Å². The van der Waals surface area contributed by atoms with E-state index >= 15 is 0 Å². The van der Waals surface area contributed by atoms with Crippen molar-refractivity contribution in [1.29, 1.82) is 0 Å². The molecular formula is C54H34N2. The highest BCUT2D eigenvalue weighted by Gasteiger charge is 2.19. The first kappa shape index (κ1) is 31.0. The van der Waals surface area contributed by atoms with Crippen molar-refractivity contribution in [2.75, 3.05) is 0 Å². The lowest BCUT2D eigenvalue weighted by atomic mass is 9.90. The Labute approximate surface area is 323 Å². The third-order valence-electron chi connectivity index (χ3n) is 11.9. The number of rotatable bonds is 4. The average Bonchev–Trinajstić information content (AvgIpc) is 3.78. The van der Waals surface area contributed by atoms with Crippen molar-refractivity contribution in [1.82, 2.24) is 9.13 Å². The van der Waals surface area contributed by atoms with Crippen molar-refractivity contribution >= 4 is 75.9 Å². The molecule has 0 atom stereocenters. The van der Waals surface area contributed by atoms with Gasteiger partial charge in [-0.2, -0.15) is 0 Å². The molecule has 0 saturated heterocycles. The molecule has 0 aliphatic rings. The Balaban J connectivity index is 1.05. The summed E-state index contributed by atoms with van der Waals surface area (Å²) >= 11 is 0. The maximum atomic E-state index is 2.47. The van der Waals surface area contributed by atoms with Crippen LogP contribution >= 0.6 is 0 Å². The van der Waals surface area contributed by atoms with E-state index in [-0.39, 0.29) is 0 Å². The van der Waals surface area contributed by atoms with Crippen molar-refractivity contribution in [2.45, 2.75) is 0 Å². The monoisotopic (exact) mass is 710 g/mol. The summed E-state index contributed by atoms with van der Waals surface area (Å²) in [6, 6.07) is 75.8. The van der Waals surface area contributed by atoms with E-state index in [1.165, 1.54) is 110 Å². The van der Waals surface area contributed by atoms with Gasteiger partial charge in [0.15, 0.2) is 0 Å². The van der Waals surface area contributed by atoms with Gasteiger partial charge in [-0.25, -0.2) is 0 Å². The molecule has 260 valence electrons. The molecule has 2 heteroatoms.